The van der Waals surface area contributed by atoms with E-state index in [0.29, 0.717) is 0 Å². The molecule has 86 valence electrons. The molecule has 0 aliphatic rings. The summed E-state index contributed by atoms with van der Waals surface area (Å²) in [4.78, 5) is 23.4. The van der Waals surface area contributed by atoms with Crippen molar-refractivity contribution in [1.29, 1.82) is 0 Å². The molecule has 0 heterocycles. The maximum atomic E-state index is 11.7. The van der Waals surface area contributed by atoms with Crippen molar-refractivity contribution in [1.82, 2.24) is 0 Å². The van der Waals surface area contributed by atoms with Gasteiger partial charge in [-0.3, -0.25) is 4.79 Å². The Morgan fingerprint density at radius 3 is 2.53 bits per heavy atom. The van der Waals surface area contributed by atoms with Gasteiger partial charge in [-0.05, 0) is 29.8 Å². The summed E-state index contributed by atoms with van der Waals surface area (Å²) >= 11 is 0. The molecular formula is C14H12O3. The largest absolute Gasteiger partial charge is 0.462 e. The first-order valence-electron chi connectivity index (χ1n) is 5.42. The highest BCUT2D eigenvalue weighted by Gasteiger charge is 2.10. The Bertz CT molecular complexity index is 617. The number of ether oxygens (including phenoxy) is 1. The lowest BCUT2D eigenvalue weighted by molar-refractivity contribution is 0.0525. The lowest BCUT2D eigenvalue weighted by Crippen LogP contribution is -2.14. The third-order valence-electron chi connectivity index (χ3n) is 2.47. The molecule has 0 spiro atoms. The molecule has 0 N–H and O–H groups in total. The van der Waals surface area contributed by atoms with Crippen LogP contribution in [-0.2, 0) is 4.74 Å². The summed E-state index contributed by atoms with van der Waals surface area (Å²) < 4.78 is 4.86. The number of carbonyl (C=O) groups is 1. The molecule has 0 fully saturated rings. The van der Waals surface area contributed by atoms with E-state index in [0.717, 1.165) is 10.8 Å². The average molecular weight is 228 g/mol. The van der Waals surface area contributed by atoms with Gasteiger partial charge in [0.1, 0.15) is 5.56 Å². The van der Waals surface area contributed by atoms with Crippen molar-refractivity contribution in [3.63, 3.8) is 0 Å². The van der Waals surface area contributed by atoms with Crippen LogP contribution < -0.4 is 5.43 Å². The second-order valence-electron chi connectivity index (χ2n) is 3.60. The van der Waals surface area contributed by atoms with Gasteiger partial charge in [0.15, 0.2) is 5.43 Å². The predicted molar refractivity (Wildman–Crippen MR) is 66.2 cm³/mol. The summed E-state index contributed by atoms with van der Waals surface area (Å²) in [6, 6.07) is 12.2. The topological polar surface area (TPSA) is 43.4 Å². The van der Waals surface area contributed by atoms with E-state index >= 15 is 0 Å². The number of carbonyl (C=O) groups excluding carboxylic acids is 1. The Labute approximate surface area is 98.7 Å². The van der Waals surface area contributed by atoms with E-state index in [1.165, 1.54) is 6.07 Å². The summed E-state index contributed by atoms with van der Waals surface area (Å²) in [5.41, 5.74) is -0.243. The highest BCUT2D eigenvalue weighted by molar-refractivity contribution is 5.93. The fraction of sp³-hybridized carbons (Fsp3) is 0.143. The number of hydrogen-bond acceptors (Lipinski definition) is 3. The Kier molecular flexibility index (Phi) is 3.19. The van der Waals surface area contributed by atoms with Crippen LogP contribution in [0.25, 0.3) is 10.8 Å². The molecule has 3 nitrogen and oxygen atoms in total. The van der Waals surface area contributed by atoms with Crippen LogP contribution in [0.2, 0.25) is 0 Å². The van der Waals surface area contributed by atoms with Crippen LogP contribution in [0.15, 0.2) is 47.3 Å². The van der Waals surface area contributed by atoms with Crippen LogP contribution in [0.3, 0.4) is 0 Å². The minimum atomic E-state index is -0.571. The third kappa shape index (κ3) is 2.33. The molecule has 17 heavy (non-hydrogen) atoms. The quantitative estimate of drug-likeness (QED) is 0.741. The Morgan fingerprint density at radius 2 is 1.82 bits per heavy atom. The first-order chi connectivity index (χ1) is 8.22. The maximum Gasteiger partial charge on any atom is 0.342 e. The van der Waals surface area contributed by atoms with E-state index in [1.54, 1.807) is 19.1 Å². The van der Waals surface area contributed by atoms with E-state index in [9.17, 15) is 9.59 Å². The zero-order valence-corrected chi connectivity index (χ0v) is 9.47. The van der Waals surface area contributed by atoms with Crippen LogP contribution in [0.4, 0.5) is 0 Å². The second-order valence-corrected chi connectivity index (χ2v) is 3.60. The normalized spacial score (nSPS) is 10.2. The van der Waals surface area contributed by atoms with Gasteiger partial charge in [-0.1, -0.05) is 30.3 Å². The molecule has 0 unspecified atom stereocenters. The smallest absolute Gasteiger partial charge is 0.342 e. The zero-order chi connectivity index (χ0) is 12.3. The highest BCUT2D eigenvalue weighted by atomic mass is 16.5. The fourth-order valence-electron chi connectivity index (χ4n) is 1.64. The summed E-state index contributed by atoms with van der Waals surface area (Å²) in [5.74, 6) is -0.571. The molecule has 0 aromatic heterocycles. The van der Waals surface area contributed by atoms with Crippen LogP contribution in [0.5, 0.6) is 0 Å². The van der Waals surface area contributed by atoms with Gasteiger partial charge < -0.3 is 4.74 Å². The minimum Gasteiger partial charge on any atom is -0.462 e. The molecule has 0 radical (unpaired) electrons. The Hall–Kier alpha value is -2.16. The maximum absolute atomic E-state index is 11.7. The summed E-state index contributed by atoms with van der Waals surface area (Å²) in [5, 5.41) is 1.76. The monoisotopic (exact) mass is 228 g/mol. The van der Waals surface area contributed by atoms with Crippen molar-refractivity contribution in [2.24, 2.45) is 0 Å². The first kappa shape index (κ1) is 11.3. The molecule has 3 heteroatoms. The molecule has 2 aromatic carbocycles. The van der Waals surface area contributed by atoms with Crippen LogP contribution in [0.1, 0.15) is 17.3 Å². The SMILES string of the molecule is CCOC(=O)c1cc2ccccc2ccc1=O. The molecule has 0 amide bonds. The highest BCUT2D eigenvalue weighted by Crippen LogP contribution is 2.12. The second kappa shape index (κ2) is 4.78. The zero-order valence-electron chi connectivity index (χ0n) is 9.47. The average Bonchev–Trinajstić information content (AvgIpc) is 2.50. The van der Waals surface area contributed by atoms with Gasteiger partial charge in [0.25, 0.3) is 0 Å². The lowest BCUT2D eigenvalue weighted by atomic mass is 10.2. The van der Waals surface area contributed by atoms with Crippen molar-refractivity contribution in [3.05, 3.63) is 58.3 Å². The number of benzene rings is 1. The molecule has 0 bridgehead atoms. The molecular weight excluding hydrogens is 216 g/mol. The third-order valence-corrected chi connectivity index (χ3v) is 2.47. The van der Waals surface area contributed by atoms with Crippen LogP contribution >= 0.6 is 0 Å². The molecule has 0 saturated heterocycles. The van der Waals surface area contributed by atoms with Crippen molar-refractivity contribution in [2.45, 2.75) is 6.92 Å². The number of fused-ring (bicyclic) bond motifs is 1. The lowest BCUT2D eigenvalue weighted by Gasteiger charge is -1.98. The first-order valence-corrected chi connectivity index (χ1v) is 5.42. The van der Waals surface area contributed by atoms with Crippen molar-refractivity contribution in [2.75, 3.05) is 6.61 Å². The minimum absolute atomic E-state index is 0.0769. The van der Waals surface area contributed by atoms with E-state index in [2.05, 4.69) is 0 Å². The van der Waals surface area contributed by atoms with Crippen LogP contribution in [-0.4, -0.2) is 12.6 Å². The molecule has 0 aliphatic heterocycles. The van der Waals surface area contributed by atoms with Crippen molar-refractivity contribution >= 4 is 16.7 Å². The summed E-state index contributed by atoms with van der Waals surface area (Å²) in [6.45, 7) is 1.97. The van der Waals surface area contributed by atoms with Gasteiger partial charge in [-0.25, -0.2) is 4.79 Å². The standard InChI is InChI=1S/C14H12O3/c1-2-17-14(16)12-9-11-6-4-3-5-10(11)7-8-13(12)15/h3-9H,2H2,1H3. The number of hydrogen-bond donors (Lipinski definition) is 0. The fourth-order valence-corrected chi connectivity index (χ4v) is 1.64. The molecule has 2 aromatic rings. The summed E-state index contributed by atoms with van der Waals surface area (Å²) in [6.07, 6.45) is 0. The molecule has 0 atom stereocenters. The number of esters is 1. The van der Waals surface area contributed by atoms with Gasteiger partial charge >= 0.3 is 5.97 Å². The Balaban J connectivity index is 2.68. The van der Waals surface area contributed by atoms with Crippen molar-refractivity contribution < 1.29 is 9.53 Å². The number of rotatable bonds is 2. The van der Waals surface area contributed by atoms with Gasteiger partial charge in [-0.2, -0.15) is 0 Å². The van der Waals surface area contributed by atoms with Gasteiger partial charge in [0.05, 0.1) is 6.61 Å². The van der Waals surface area contributed by atoms with E-state index < -0.39 is 5.97 Å². The molecule has 0 saturated carbocycles. The van der Waals surface area contributed by atoms with Gasteiger partial charge in [-0.15, -0.1) is 0 Å². The van der Waals surface area contributed by atoms with E-state index in [1.807, 2.05) is 24.3 Å². The molecule has 2 rings (SSSR count). The van der Waals surface area contributed by atoms with Gasteiger partial charge in [0, 0.05) is 0 Å². The Morgan fingerprint density at radius 1 is 1.12 bits per heavy atom. The predicted octanol–water partition coefficient (Wildman–Crippen LogP) is 2.38. The van der Waals surface area contributed by atoms with Gasteiger partial charge in [0.2, 0.25) is 0 Å². The summed E-state index contributed by atoms with van der Waals surface area (Å²) in [7, 11) is 0. The van der Waals surface area contributed by atoms with Crippen LogP contribution in [0, 0.1) is 0 Å². The molecule has 0 aliphatic carbocycles. The van der Waals surface area contributed by atoms with Crippen molar-refractivity contribution in [3.8, 4) is 0 Å². The van der Waals surface area contributed by atoms with E-state index in [-0.39, 0.29) is 17.6 Å². The van der Waals surface area contributed by atoms with E-state index in [4.69, 9.17) is 4.74 Å².